The lowest BCUT2D eigenvalue weighted by atomic mass is 10.1. The lowest BCUT2D eigenvalue weighted by Gasteiger charge is -2.08. The summed E-state index contributed by atoms with van der Waals surface area (Å²) in [7, 11) is -3.76. The van der Waals surface area contributed by atoms with Crippen LogP contribution in [0.1, 0.15) is 15.9 Å². The third-order valence-corrected chi connectivity index (χ3v) is 3.71. The largest absolute Gasteiger partial charge is 0.322 e. The maximum absolute atomic E-state index is 12.1. The first kappa shape index (κ1) is 14.2. The number of rotatable bonds is 3. The second-order valence-corrected chi connectivity index (χ2v) is 5.90. The van der Waals surface area contributed by atoms with E-state index in [9.17, 15) is 13.2 Å². The summed E-state index contributed by atoms with van der Waals surface area (Å²) in [5.41, 5.74) is 1.62. The third kappa shape index (κ3) is 3.23. The summed E-state index contributed by atoms with van der Waals surface area (Å²) in [5, 5.41) is 7.78. The molecule has 5 nitrogen and oxygen atoms in total. The van der Waals surface area contributed by atoms with Crippen molar-refractivity contribution in [1.82, 2.24) is 0 Å². The van der Waals surface area contributed by atoms with Gasteiger partial charge in [0, 0.05) is 11.3 Å². The van der Waals surface area contributed by atoms with Gasteiger partial charge in [-0.15, -0.1) is 0 Å². The van der Waals surface area contributed by atoms with Gasteiger partial charge in [-0.2, -0.15) is 0 Å². The number of anilines is 1. The fraction of sp³-hybridized carbons (Fsp3) is 0.0714. The Hall–Kier alpha value is -2.18. The van der Waals surface area contributed by atoms with Gasteiger partial charge in [0.05, 0.1) is 4.90 Å². The van der Waals surface area contributed by atoms with Crippen LogP contribution in [0.15, 0.2) is 53.4 Å². The molecule has 0 heterocycles. The fourth-order valence-corrected chi connectivity index (χ4v) is 2.39. The van der Waals surface area contributed by atoms with Gasteiger partial charge in [-0.05, 0) is 42.8 Å². The maximum Gasteiger partial charge on any atom is 0.255 e. The number of aryl methyl sites for hydroxylation is 1. The van der Waals surface area contributed by atoms with Gasteiger partial charge < -0.3 is 5.32 Å². The van der Waals surface area contributed by atoms with E-state index >= 15 is 0 Å². The van der Waals surface area contributed by atoms with Crippen LogP contribution in [-0.2, 0) is 10.0 Å². The maximum atomic E-state index is 12.1. The van der Waals surface area contributed by atoms with E-state index in [4.69, 9.17) is 5.14 Å². The molecule has 20 heavy (non-hydrogen) atoms. The molecular formula is C14H14N2O3S. The zero-order valence-electron chi connectivity index (χ0n) is 10.8. The second-order valence-electron chi connectivity index (χ2n) is 4.34. The smallest absolute Gasteiger partial charge is 0.255 e. The molecule has 0 radical (unpaired) electrons. The van der Waals surface area contributed by atoms with E-state index in [1.807, 2.05) is 18.2 Å². The summed E-state index contributed by atoms with van der Waals surface area (Å²) in [5.74, 6) is -0.297. The highest BCUT2D eigenvalue weighted by Crippen LogP contribution is 2.16. The summed E-state index contributed by atoms with van der Waals surface area (Å²) in [4.78, 5) is 12.1. The number of amides is 1. The molecule has 3 N–H and O–H groups in total. The van der Waals surface area contributed by atoms with Crippen molar-refractivity contribution in [3.05, 3.63) is 59.7 Å². The van der Waals surface area contributed by atoms with Crippen LogP contribution in [0.25, 0.3) is 0 Å². The molecule has 0 saturated carbocycles. The number of sulfonamides is 1. The molecule has 0 aliphatic carbocycles. The van der Waals surface area contributed by atoms with Gasteiger partial charge in [0.1, 0.15) is 0 Å². The zero-order valence-corrected chi connectivity index (χ0v) is 11.6. The molecule has 6 heteroatoms. The summed E-state index contributed by atoms with van der Waals surface area (Å²) in [6.45, 7) is 1.66. The Morgan fingerprint density at radius 3 is 2.30 bits per heavy atom. The zero-order chi connectivity index (χ0) is 14.8. The molecule has 0 aromatic heterocycles. The average Bonchev–Trinajstić information content (AvgIpc) is 2.38. The first-order valence-electron chi connectivity index (χ1n) is 5.88. The van der Waals surface area contributed by atoms with Crippen LogP contribution in [0.4, 0.5) is 5.69 Å². The van der Waals surface area contributed by atoms with E-state index in [0.29, 0.717) is 16.8 Å². The number of hydrogen-bond donors (Lipinski definition) is 2. The van der Waals surface area contributed by atoms with Gasteiger partial charge >= 0.3 is 0 Å². The third-order valence-electron chi connectivity index (χ3n) is 2.80. The first-order chi connectivity index (χ1) is 9.38. The summed E-state index contributed by atoms with van der Waals surface area (Å²) in [6.07, 6.45) is 0. The number of benzene rings is 2. The van der Waals surface area contributed by atoms with Crippen LogP contribution in [0, 0.1) is 6.92 Å². The highest BCUT2D eigenvalue weighted by molar-refractivity contribution is 7.89. The molecule has 1 amide bonds. The minimum absolute atomic E-state index is 0.00809. The van der Waals surface area contributed by atoms with Crippen molar-refractivity contribution in [3.8, 4) is 0 Å². The van der Waals surface area contributed by atoms with Crippen molar-refractivity contribution in [1.29, 1.82) is 0 Å². The minimum Gasteiger partial charge on any atom is -0.322 e. The molecule has 2 rings (SSSR count). The molecule has 0 bridgehead atoms. The number of primary sulfonamides is 1. The van der Waals surface area contributed by atoms with Crippen molar-refractivity contribution in [2.24, 2.45) is 5.14 Å². The van der Waals surface area contributed by atoms with Crippen LogP contribution < -0.4 is 10.5 Å². The number of hydrogen-bond acceptors (Lipinski definition) is 3. The summed E-state index contributed by atoms with van der Waals surface area (Å²) in [6, 6.07) is 13.2. The van der Waals surface area contributed by atoms with E-state index in [2.05, 4.69) is 5.32 Å². The monoisotopic (exact) mass is 290 g/mol. The molecule has 2 aromatic carbocycles. The molecule has 0 unspecified atom stereocenters. The first-order valence-corrected chi connectivity index (χ1v) is 7.42. The molecule has 104 valence electrons. The highest BCUT2D eigenvalue weighted by Gasteiger charge is 2.13. The van der Waals surface area contributed by atoms with Gasteiger partial charge in [0.25, 0.3) is 5.91 Å². The molecule has 0 atom stereocenters. The lowest BCUT2D eigenvalue weighted by Crippen LogP contribution is -2.16. The van der Waals surface area contributed by atoms with E-state index in [-0.39, 0.29) is 10.8 Å². The predicted molar refractivity (Wildman–Crippen MR) is 76.9 cm³/mol. The summed E-state index contributed by atoms with van der Waals surface area (Å²) >= 11 is 0. The molecule has 0 saturated heterocycles. The molecule has 0 aliphatic heterocycles. The van der Waals surface area contributed by atoms with Gasteiger partial charge in [-0.25, -0.2) is 13.6 Å². The number of nitrogens with one attached hydrogen (secondary N) is 1. The Morgan fingerprint density at radius 1 is 1.10 bits per heavy atom. The fourth-order valence-electron chi connectivity index (χ4n) is 1.79. The molecular weight excluding hydrogens is 276 g/mol. The van der Waals surface area contributed by atoms with Crippen molar-refractivity contribution >= 4 is 21.6 Å². The molecule has 0 aliphatic rings. The SMILES string of the molecule is Cc1cc(S(N)(=O)=O)ccc1C(=O)Nc1ccccc1. The number of carbonyl (C=O) groups is 1. The van der Waals surface area contributed by atoms with Crippen LogP contribution >= 0.6 is 0 Å². The van der Waals surface area contributed by atoms with Crippen molar-refractivity contribution in [2.75, 3.05) is 5.32 Å². The Labute approximate surface area is 117 Å². The Bertz CT molecular complexity index is 740. The van der Waals surface area contributed by atoms with Crippen LogP contribution in [0.3, 0.4) is 0 Å². The van der Waals surface area contributed by atoms with E-state index in [0.717, 1.165) is 0 Å². The second kappa shape index (κ2) is 5.44. The number of para-hydroxylation sites is 1. The molecule has 0 fully saturated rings. The van der Waals surface area contributed by atoms with Crippen LogP contribution in [0.2, 0.25) is 0 Å². The summed E-state index contributed by atoms with van der Waals surface area (Å²) < 4.78 is 22.5. The number of carbonyl (C=O) groups excluding carboxylic acids is 1. The van der Waals surface area contributed by atoms with Crippen LogP contribution in [0.5, 0.6) is 0 Å². The Morgan fingerprint density at radius 2 is 1.75 bits per heavy atom. The van der Waals surface area contributed by atoms with E-state index < -0.39 is 10.0 Å². The number of nitrogens with two attached hydrogens (primary N) is 1. The Kier molecular flexibility index (Phi) is 3.87. The topological polar surface area (TPSA) is 89.3 Å². The Balaban J connectivity index is 2.28. The van der Waals surface area contributed by atoms with Crippen molar-refractivity contribution in [2.45, 2.75) is 11.8 Å². The van der Waals surface area contributed by atoms with Crippen molar-refractivity contribution in [3.63, 3.8) is 0 Å². The predicted octanol–water partition coefficient (Wildman–Crippen LogP) is 1.89. The van der Waals surface area contributed by atoms with Gasteiger partial charge in [0.15, 0.2) is 0 Å². The van der Waals surface area contributed by atoms with Gasteiger partial charge in [-0.3, -0.25) is 4.79 Å². The normalized spacial score (nSPS) is 11.1. The van der Waals surface area contributed by atoms with E-state index in [1.54, 1.807) is 19.1 Å². The lowest BCUT2D eigenvalue weighted by molar-refractivity contribution is 0.102. The van der Waals surface area contributed by atoms with Gasteiger partial charge in [-0.1, -0.05) is 18.2 Å². The van der Waals surface area contributed by atoms with E-state index in [1.165, 1.54) is 18.2 Å². The van der Waals surface area contributed by atoms with Crippen LogP contribution in [-0.4, -0.2) is 14.3 Å². The van der Waals surface area contributed by atoms with Gasteiger partial charge in [0.2, 0.25) is 10.0 Å². The minimum atomic E-state index is -3.76. The average molecular weight is 290 g/mol. The molecule has 0 spiro atoms. The molecule has 2 aromatic rings. The standard InChI is InChI=1S/C14H14N2O3S/c1-10-9-12(20(15,18)19)7-8-13(10)14(17)16-11-5-3-2-4-6-11/h2-9H,1H3,(H,16,17)(H2,15,18,19). The quantitative estimate of drug-likeness (QED) is 0.904. The highest BCUT2D eigenvalue weighted by atomic mass is 32.2. The van der Waals surface area contributed by atoms with Crippen molar-refractivity contribution < 1.29 is 13.2 Å².